The minimum atomic E-state index is -0.331. The molecule has 2 amide bonds. The molecule has 0 aliphatic carbocycles. The van der Waals surface area contributed by atoms with Gasteiger partial charge in [-0.2, -0.15) is 0 Å². The van der Waals surface area contributed by atoms with E-state index in [4.69, 9.17) is 4.74 Å². The molecule has 0 unspecified atom stereocenters. The van der Waals surface area contributed by atoms with E-state index < -0.39 is 0 Å². The van der Waals surface area contributed by atoms with Crippen molar-refractivity contribution in [2.45, 2.75) is 13.0 Å². The summed E-state index contributed by atoms with van der Waals surface area (Å²) in [5.74, 6) is -0.280. The normalized spacial score (nSPS) is 23.3. The lowest BCUT2D eigenvalue weighted by molar-refractivity contribution is -0.135. The van der Waals surface area contributed by atoms with Crippen molar-refractivity contribution in [1.29, 1.82) is 0 Å². The average molecular weight is 397 g/mol. The number of rotatable bonds is 5. The molecular formula is C22H24FN3O3. The van der Waals surface area contributed by atoms with Crippen LogP contribution in [0.15, 0.2) is 48.8 Å². The second-order valence-corrected chi connectivity index (χ2v) is 7.56. The highest BCUT2D eigenvalue weighted by Gasteiger charge is 2.50. The second kappa shape index (κ2) is 8.29. The summed E-state index contributed by atoms with van der Waals surface area (Å²) in [6, 6.07) is 9.59. The Morgan fingerprint density at radius 2 is 2.07 bits per heavy atom. The third-order valence-corrected chi connectivity index (χ3v) is 5.81. The first kappa shape index (κ1) is 19.5. The van der Waals surface area contributed by atoms with Gasteiger partial charge < -0.3 is 14.5 Å². The Morgan fingerprint density at radius 1 is 1.21 bits per heavy atom. The molecule has 0 saturated carbocycles. The van der Waals surface area contributed by atoms with Crippen LogP contribution in [0.1, 0.15) is 28.9 Å². The number of amides is 2. The molecule has 1 aromatic carbocycles. The largest absolute Gasteiger partial charge is 0.372 e. The Hall–Kier alpha value is -2.80. The minimum absolute atomic E-state index is 0.0376. The summed E-state index contributed by atoms with van der Waals surface area (Å²) in [6.07, 6.45) is 3.18. The van der Waals surface area contributed by atoms with E-state index in [0.29, 0.717) is 31.8 Å². The SMILES string of the molecule is CCOCC(=O)N1C[C@H]2CN(C(=O)c3cccnc3)[C@H](c3cccc(F)c3)[C@H]2C1. The summed E-state index contributed by atoms with van der Waals surface area (Å²) >= 11 is 0. The standard InChI is InChI=1S/C22H24FN3O3/c1-2-29-14-20(27)25-11-17-12-26(22(28)16-6-4-8-24-10-16)21(19(17)13-25)15-5-3-7-18(23)9-15/h3-10,17,19,21H,2,11-14H2,1H3/t17-,19-,21+/m0/s1. The van der Waals surface area contributed by atoms with Gasteiger partial charge in [-0.3, -0.25) is 14.6 Å². The second-order valence-electron chi connectivity index (χ2n) is 7.56. The van der Waals surface area contributed by atoms with E-state index in [1.165, 1.54) is 12.1 Å². The predicted molar refractivity (Wildman–Crippen MR) is 104 cm³/mol. The fourth-order valence-corrected chi connectivity index (χ4v) is 4.51. The number of hydrogen-bond donors (Lipinski definition) is 0. The molecule has 6 nitrogen and oxygen atoms in total. The summed E-state index contributed by atoms with van der Waals surface area (Å²) in [7, 11) is 0. The zero-order chi connectivity index (χ0) is 20.4. The van der Waals surface area contributed by atoms with Gasteiger partial charge in [0, 0.05) is 50.5 Å². The summed E-state index contributed by atoms with van der Waals surface area (Å²) in [5, 5.41) is 0. The topological polar surface area (TPSA) is 62.7 Å². The molecule has 29 heavy (non-hydrogen) atoms. The van der Waals surface area contributed by atoms with Gasteiger partial charge in [-0.25, -0.2) is 4.39 Å². The lowest BCUT2D eigenvalue weighted by Crippen LogP contribution is -2.38. The fraction of sp³-hybridized carbons (Fsp3) is 0.409. The van der Waals surface area contributed by atoms with Gasteiger partial charge in [-0.05, 0) is 36.8 Å². The Kier molecular flexibility index (Phi) is 5.58. The number of halogens is 1. The number of carbonyl (C=O) groups is 2. The number of likely N-dealkylation sites (tertiary alicyclic amines) is 2. The maximum Gasteiger partial charge on any atom is 0.255 e. The molecule has 2 aliphatic rings. The summed E-state index contributed by atoms with van der Waals surface area (Å²) in [4.78, 5) is 33.3. The van der Waals surface area contributed by atoms with Crippen molar-refractivity contribution < 1.29 is 18.7 Å². The molecule has 4 rings (SSSR count). The van der Waals surface area contributed by atoms with Crippen molar-refractivity contribution in [2.75, 3.05) is 32.8 Å². The molecule has 1 aromatic heterocycles. The first-order valence-corrected chi connectivity index (χ1v) is 9.90. The number of fused-ring (bicyclic) bond motifs is 1. The molecule has 7 heteroatoms. The van der Waals surface area contributed by atoms with Crippen molar-refractivity contribution in [2.24, 2.45) is 11.8 Å². The summed E-state index contributed by atoms with van der Waals surface area (Å²) in [5.41, 5.74) is 1.27. The van der Waals surface area contributed by atoms with Crippen LogP contribution in [0, 0.1) is 17.7 Å². The Labute approximate surface area is 169 Å². The third-order valence-electron chi connectivity index (χ3n) is 5.81. The van der Waals surface area contributed by atoms with E-state index in [9.17, 15) is 14.0 Å². The zero-order valence-electron chi connectivity index (χ0n) is 16.3. The monoisotopic (exact) mass is 397 g/mol. The Morgan fingerprint density at radius 3 is 2.79 bits per heavy atom. The van der Waals surface area contributed by atoms with E-state index in [1.54, 1.807) is 30.6 Å². The van der Waals surface area contributed by atoms with Gasteiger partial charge in [-0.1, -0.05) is 12.1 Å². The molecule has 2 aliphatic heterocycles. The highest BCUT2D eigenvalue weighted by Crippen LogP contribution is 2.45. The lowest BCUT2D eigenvalue weighted by atomic mass is 9.89. The van der Waals surface area contributed by atoms with Crippen LogP contribution in [0.25, 0.3) is 0 Å². The average Bonchev–Trinajstić information content (AvgIpc) is 3.30. The van der Waals surface area contributed by atoms with Gasteiger partial charge in [0.1, 0.15) is 12.4 Å². The molecule has 0 spiro atoms. The van der Waals surface area contributed by atoms with Gasteiger partial charge in [0.2, 0.25) is 5.91 Å². The van der Waals surface area contributed by atoms with E-state index in [-0.39, 0.29) is 42.1 Å². The van der Waals surface area contributed by atoms with E-state index in [2.05, 4.69) is 4.98 Å². The highest BCUT2D eigenvalue weighted by atomic mass is 19.1. The van der Waals surface area contributed by atoms with E-state index >= 15 is 0 Å². The van der Waals surface area contributed by atoms with E-state index in [1.807, 2.05) is 22.8 Å². The van der Waals surface area contributed by atoms with Crippen LogP contribution in [-0.2, 0) is 9.53 Å². The number of ether oxygens (including phenoxy) is 1. The number of aromatic nitrogens is 1. The summed E-state index contributed by atoms with van der Waals surface area (Å²) in [6.45, 7) is 4.06. The Bertz CT molecular complexity index is 892. The number of hydrogen-bond acceptors (Lipinski definition) is 4. The van der Waals surface area contributed by atoms with E-state index in [0.717, 1.165) is 5.56 Å². The number of carbonyl (C=O) groups excluding carboxylic acids is 2. The number of benzene rings is 1. The number of nitrogens with zero attached hydrogens (tertiary/aromatic N) is 3. The zero-order valence-corrected chi connectivity index (χ0v) is 16.3. The Balaban J connectivity index is 1.61. The molecule has 3 heterocycles. The van der Waals surface area contributed by atoms with Crippen molar-refractivity contribution in [3.05, 3.63) is 65.7 Å². The third kappa shape index (κ3) is 3.87. The molecule has 152 valence electrons. The minimum Gasteiger partial charge on any atom is -0.372 e. The first-order chi connectivity index (χ1) is 14.1. The smallest absolute Gasteiger partial charge is 0.255 e. The van der Waals surface area contributed by atoms with Crippen LogP contribution in [-0.4, -0.2) is 59.4 Å². The molecular weight excluding hydrogens is 373 g/mol. The van der Waals surface area contributed by atoms with Gasteiger partial charge in [0.05, 0.1) is 11.6 Å². The van der Waals surface area contributed by atoms with Crippen LogP contribution >= 0.6 is 0 Å². The molecule has 2 aromatic rings. The quantitative estimate of drug-likeness (QED) is 0.778. The maximum absolute atomic E-state index is 14.0. The molecule has 0 bridgehead atoms. The molecule has 0 radical (unpaired) electrons. The van der Waals surface area contributed by atoms with Crippen LogP contribution in [0.5, 0.6) is 0 Å². The maximum atomic E-state index is 14.0. The molecule has 3 atom stereocenters. The molecule has 0 N–H and O–H groups in total. The molecule has 2 saturated heterocycles. The van der Waals surface area contributed by atoms with Gasteiger partial charge >= 0.3 is 0 Å². The molecule has 2 fully saturated rings. The first-order valence-electron chi connectivity index (χ1n) is 9.90. The van der Waals surface area contributed by atoms with Crippen LogP contribution in [0.4, 0.5) is 4.39 Å². The summed E-state index contributed by atoms with van der Waals surface area (Å²) < 4.78 is 19.2. The van der Waals surface area contributed by atoms with Crippen LogP contribution in [0.2, 0.25) is 0 Å². The number of pyridine rings is 1. The lowest BCUT2D eigenvalue weighted by Gasteiger charge is -2.30. The van der Waals surface area contributed by atoms with Crippen molar-refractivity contribution >= 4 is 11.8 Å². The van der Waals surface area contributed by atoms with Gasteiger partial charge in [0.25, 0.3) is 5.91 Å². The van der Waals surface area contributed by atoms with Crippen molar-refractivity contribution in [1.82, 2.24) is 14.8 Å². The van der Waals surface area contributed by atoms with Crippen molar-refractivity contribution in [3.63, 3.8) is 0 Å². The van der Waals surface area contributed by atoms with Crippen LogP contribution < -0.4 is 0 Å². The fourth-order valence-electron chi connectivity index (χ4n) is 4.51. The van der Waals surface area contributed by atoms with Crippen LogP contribution in [0.3, 0.4) is 0 Å². The predicted octanol–water partition coefficient (Wildman–Crippen LogP) is 2.53. The van der Waals surface area contributed by atoms with Crippen molar-refractivity contribution in [3.8, 4) is 0 Å². The van der Waals surface area contributed by atoms with Gasteiger partial charge in [0.15, 0.2) is 0 Å². The van der Waals surface area contributed by atoms with Gasteiger partial charge in [-0.15, -0.1) is 0 Å². The highest BCUT2D eigenvalue weighted by molar-refractivity contribution is 5.94.